The molecule has 0 bridgehead atoms. The highest BCUT2D eigenvalue weighted by molar-refractivity contribution is 8.00. The van der Waals surface area contributed by atoms with Crippen LogP contribution in [-0.2, 0) is 4.79 Å². The van der Waals surface area contributed by atoms with Gasteiger partial charge < -0.3 is 10.6 Å². The van der Waals surface area contributed by atoms with Crippen molar-refractivity contribution in [2.24, 2.45) is 0 Å². The zero-order valence-electron chi connectivity index (χ0n) is 14.8. The highest BCUT2D eigenvalue weighted by atomic mass is 32.2. The number of thiazole rings is 1. The molecule has 0 saturated heterocycles. The fourth-order valence-electron chi connectivity index (χ4n) is 2.42. The summed E-state index contributed by atoms with van der Waals surface area (Å²) in [5.74, 6) is -0.526. The number of carbonyl (C=O) groups excluding carboxylic acids is 2. The van der Waals surface area contributed by atoms with Crippen molar-refractivity contribution in [1.82, 2.24) is 10.3 Å². The van der Waals surface area contributed by atoms with E-state index in [1.165, 1.54) is 0 Å². The molecule has 0 unspecified atom stereocenters. The Labute approximate surface area is 160 Å². The Morgan fingerprint density at radius 2 is 1.92 bits per heavy atom. The number of carbonyl (C=O) groups is 2. The standard InChI is InChI=1S/C19H19N3O2S2/c1-11-4-5-13(8-12(11)2)18(24)20-10-17(23)21-14-6-7-15-16(9-14)26-19(22-15)25-3/h4-9H,10H2,1-3H3,(H,20,24)(H,21,23). The summed E-state index contributed by atoms with van der Waals surface area (Å²) in [6, 6.07) is 11.1. The SMILES string of the molecule is CSc1nc2ccc(NC(=O)CNC(=O)c3ccc(C)c(C)c3)cc2s1. The van der Waals surface area contributed by atoms with E-state index in [2.05, 4.69) is 15.6 Å². The molecule has 7 heteroatoms. The maximum atomic E-state index is 12.2. The van der Waals surface area contributed by atoms with Crippen molar-refractivity contribution in [1.29, 1.82) is 0 Å². The highest BCUT2D eigenvalue weighted by Gasteiger charge is 2.10. The molecule has 0 spiro atoms. The smallest absolute Gasteiger partial charge is 0.251 e. The molecule has 26 heavy (non-hydrogen) atoms. The molecule has 3 aromatic rings. The third-order valence-electron chi connectivity index (χ3n) is 4.01. The van der Waals surface area contributed by atoms with Gasteiger partial charge in [-0.05, 0) is 61.6 Å². The van der Waals surface area contributed by atoms with E-state index in [0.717, 1.165) is 25.7 Å². The van der Waals surface area contributed by atoms with E-state index in [-0.39, 0.29) is 18.4 Å². The molecule has 134 valence electrons. The second kappa shape index (κ2) is 7.88. The number of amides is 2. The zero-order chi connectivity index (χ0) is 18.7. The number of thioether (sulfide) groups is 1. The average Bonchev–Trinajstić information content (AvgIpc) is 3.04. The maximum Gasteiger partial charge on any atom is 0.251 e. The fraction of sp³-hybridized carbons (Fsp3) is 0.211. The number of aryl methyl sites for hydroxylation is 2. The van der Waals surface area contributed by atoms with Gasteiger partial charge in [-0.1, -0.05) is 17.8 Å². The van der Waals surface area contributed by atoms with Crippen LogP contribution < -0.4 is 10.6 Å². The molecular weight excluding hydrogens is 366 g/mol. The Bertz CT molecular complexity index is 982. The molecule has 0 atom stereocenters. The Kier molecular flexibility index (Phi) is 5.58. The summed E-state index contributed by atoms with van der Waals surface area (Å²) in [5.41, 5.74) is 4.34. The number of hydrogen-bond donors (Lipinski definition) is 2. The predicted molar refractivity (Wildman–Crippen MR) is 108 cm³/mol. The summed E-state index contributed by atoms with van der Waals surface area (Å²) < 4.78 is 2.01. The molecule has 3 rings (SSSR count). The lowest BCUT2D eigenvalue weighted by Crippen LogP contribution is -2.32. The van der Waals surface area contributed by atoms with Crippen LogP contribution in [0.1, 0.15) is 21.5 Å². The minimum Gasteiger partial charge on any atom is -0.343 e. The van der Waals surface area contributed by atoms with Crippen molar-refractivity contribution in [2.75, 3.05) is 18.1 Å². The summed E-state index contributed by atoms with van der Waals surface area (Å²) >= 11 is 3.19. The van der Waals surface area contributed by atoms with Gasteiger partial charge in [0.15, 0.2) is 4.34 Å². The van der Waals surface area contributed by atoms with Crippen LogP contribution in [0.4, 0.5) is 5.69 Å². The first-order chi connectivity index (χ1) is 12.5. The number of fused-ring (bicyclic) bond motifs is 1. The van der Waals surface area contributed by atoms with Gasteiger partial charge in [-0.2, -0.15) is 0 Å². The molecule has 2 N–H and O–H groups in total. The first kappa shape index (κ1) is 18.4. The summed E-state index contributed by atoms with van der Waals surface area (Å²) in [7, 11) is 0. The van der Waals surface area contributed by atoms with Crippen LogP contribution in [0, 0.1) is 13.8 Å². The number of rotatable bonds is 5. The van der Waals surface area contributed by atoms with E-state index in [0.29, 0.717) is 11.3 Å². The van der Waals surface area contributed by atoms with Gasteiger partial charge in [0.2, 0.25) is 5.91 Å². The molecule has 0 aliphatic heterocycles. The van der Waals surface area contributed by atoms with Crippen molar-refractivity contribution in [3.8, 4) is 0 Å². The summed E-state index contributed by atoms with van der Waals surface area (Å²) in [6.07, 6.45) is 1.98. The summed E-state index contributed by atoms with van der Waals surface area (Å²) in [4.78, 5) is 28.8. The largest absolute Gasteiger partial charge is 0.343 e. The van der Waals surface area contributed by atoms with Gasteiger partial charge >= 0.3 is 0 Å². The van der Waals surface area contributed by atoms with E-state index >= 15 is 0 Å². The summed E-state index contributed by atoms with van der Waals surface area (Å²) in [6.45, 7) is 3.87. The minimum absolute atomic E-state index is 0.0808. The molecule has 1 aromatic heterocycles. The zero-order valence-corrected chi connectivity index (χ0v) is 16.4. The number of aromatic nitrogens is 1. The Morgan fingerprint density at radius 1 is 1.12 bits per heavy atom. The van der Waals surface area contributed by atoms with Gasteiger partial charge in [-0.15, -0.1) is 11.3 Å². The van der Waals surface area contributed by atoms with Crippen molar-refractivity contribution in [2.45, 2.75) is 18.2 Å². The third-order valence-corrected chi connectivity index (χ3v) is 6.01. The Balaban J connectivity index is 1.59. The lowest BCUT2D eigenvalue weighted by atomic mass is 10.1. The quantitative estimate of drug-likeness (QED) is 0.651. The third kappa shape index (κ3) is 4.23. The van der Waals surface area contributed by atoms with Gasteiger partial charge in [-0.3, -0.25) is 9.59 Å². The van der Waals surface area contributed by atoms with Crippen molar-refractivity contribution in [3.63, 3.8) is 0 Å². The first-order valence-electron chi connectivity index (χ1n) is 8.06. The van der Waals surface area contributed by atoms with Crippen LogP contribution in [0.3, 0.4) is 0 Å². The second-order valence-corrected chi connectivity index (χ2v) is 7.98. The molecule has 0 radical (unpaired) electrons. The first-order valence-corrected chi connectivity index (χ1v) is 10.1. The molecule has 2 aromatic carbocycles. The number of nitrogens with one attached hydrogen (secondary N) is 2. The molecule has 1 heterocycles. The van der Waals surface area contributed by atoms with Gasteiger partial charge in [0.05, 0.1) is 16.8 Å². The number of hydrogen-bond acceptors (Lipinski definition) is 5. The molecule has 0 aliphatic rings. The van der Waals surface area contributed by atoms with Gasteiger partial charge in [-0.25, -0.2) is 4.98 Å². The molecular formula is C19H19N3O2S2. The maximum absolute atomic E-state index is 12.2. The topological polar surface area (TPSA) is 71.1 Å². The van der Waals surface area contributed by atoms with Crippen LogP contribution in [0.5, 0.6) is 0 Å². The Hall–Kier alpha value is -2.38. The fourth-order valence-corrected chi connectivity index (χ4v) is 3.95. The minimum atomic E-state index is -0.267. The molecule has 5 nitrogen and oxygen atoms in total. The van der Waals surface area contributed by atoms with Crippen LogP contribution in [-0.4, -0.2) is 29.6 Å². The van der Waals surface area contributed by atoms with E-state index in [4.69, 9.17) is 0 Å². The molecule has 2 amide bonds. The van der Waals surface area contributed by atoms with Crippen LogP contribution in [0.2, 0.25) is 0 Å². The monoisotopic (exact) mass is 385 g/mol. The number of benzene rings is 2. The van der Waals surface area contributed by atoms with E-state index in [9.17, 15) is 9.59 Å². The lowest BCUT2D eigenvalue weighted by molar-refractivity contribution is -0.115. The van der Waals surface area contributed by atoms with Crippen molar-refractivity contribution < 1.29 is 9.59 Å². The van der Waals surface area contributed by atoms with Crippen LogP contribution in [0.15, 0.2) is 40.7 Å². The van der Waals surface area contributed by atoms with Crippen LogP contribution >= 0.6 is 23.1 Å². The summed E-state index contributed by atoms with van der Waals surface area (Å²) in [5, 5.41) is 5.46. The van der Waals surface area contributed by atoms with Gasteiger partial charge in [0.25, 0.3) is 5.91 Å². The number of anilines is 1. The second-order valence-electron chi connectivity index (χ2n) is 5.90. The normalized spacial score (nSPS) is 10.7. The highest BCUT2D eigenvalue weighted by Crippen LogP contribution is 2.29. The van der Waals surface area contributed by atoms with Crippen molar-refractivity contribution in [3.05, 3.63) is 53.1 Å². The Morgan fingerprint density at radius 3 is 2.65 bits per heavy atom. The molecule has 0 saturated carbocycles. The average molecular weight is 386 g/mol. The van der Waals surface area contributed by atoms with Crippen molar-refractivity contribution >= 4 is 50.8 Å². The van der Waals surface area contributed by atoms with E-state index < -0.39 is 0 Å². The van der Waals surface area contributed by atoms with Gasteiger partial charge in [0, 0.05) is 11.3 Å². The predicted octanol–water partition coefficient (Wildman–Crippen LogP) is 4.00. The molecule has 0 fully saturated rings. The van der Waals surface area contributed by atoms with E-state index in [1.54, 1.807) is 29.2 Å². The molecule has 0 aliphatic carbocycles. The van der Waals surface area contributed by atoms with E-state index in [1.807, 2.05) is 50.4 Å². The van der Waals surface area contributed by atoms with Crippen LogP contribution in [0.25, 0.3) is 10.2 Å². The van der Waals surface area contributed by atoms with Gasteiger partial charge in [0.1, 0.15) is 0 Å². The lowest BCUT2D eigenvalue weighted by Gasteiger charge is -2.08. The number of nitrogens with zero attached hydrogens (tertiary/aromatic N) is 1.